The summed E-state index contributed by atoms with van der Waals surface area (Å²) in [5, 5.41) is 15.3. The van der Waals surface area contributed by atoms with Crippen molar-refractivity contribution in [2.45, 2.75) is 26.8 Å². The van der Waals surface area contributed by atoms with Gasteiger partial charge in [0.1, 0.15) is 0 Å². The van der Waals surface area contributed by atoms with E-state index in [0.717, 1.165) is 23.4 Å². The number of nitrogens with one attached hydrogen (secondary N) is 1. The third-order valence-electron chi connectivity index (χ3n) is 4.28. The Hall–Kier alpha value is -2.96. The Morgan fingerprint density at radius 1 is 1.20 bits per heavy atom. The molecule has 7 heteroatoms. The molecule has 0 unspecified atom stereocenters. The number of hydrogen-bond donors (Lipinski definition) is 1. The summed E-state index contributed by atoms with van der Waals surface area (Å²) in [5.74, 6) is -0.210. The maximum atomic E-state index is 12.2. The maximum absolute atomic E-state index is 12.2. The molecule has 3 aromatic rings. The third-order valence-corrected chi connectivity index (χ3v) is 4.28. The van der Waals surface area contributed by atoms with E-state index in [2.05, 4.69) is 20.7 Å². The van der Waals surface area contributed by atoms with E-state index in [9.17, 15) is 4.79 Å². The SMILES string of the molecule is Cc1nn(C)c(C)c1CCNC(=O)c1cn(Cc2ccccc2)nn1. The molecule has 130 valence electrons. The normalized spacial score (nSPS) is 10.8. The second-order valence-corrected chi connectivity index (χ2v) is 6.07. The molecule has 0 aliphatic carbocycles. The highest BCUT2D eigenvalue weighted by molar-refractivity contribution is 5.91. The summed E-state index contributed by atoms with van der Waals surface area (Å²) >= 11 is 0. The smallest absolute Gasteiger partial charge is 0.273 e. The third kappa shape index (κ3) is 3.93. The molecule has 0 fully saturated rings. The molecular formula is C18H22N6O. The summed E-state index contributed by atoms with van der Waals surface area (Å²) in [6, 6.07) is 9.94. The van der Waals surface area contributed by atoms with Gasteiger partial charge in [-0.25, -0.2) is 4.68 Å². The molecule has 1 N–H and O–H groups in total. The largest absolute Gasteiger partial charge is 0.350 e. The van der Waals surface area contributed by atoms with Gasteiger partial charge in [0.25, 0.3) is 5.91 Å². The number of nitrogens with zero attached hydrogens (tertiary/aromatic N) is 5. The fourth-order valence-corrected chi connectivity index (χ4v) is 2.82. The minimum Gasteiger partial charge on any atom is -0.350 e. The minimum absolute atomic E-state index is 0.210. The molecule has 0 saturated carbocycles. The van der Waals surface area contributed by atoms with Crippen molar-refractivity contribution in [1.82, 2.24) is 30.1 Å². The lowest BCUT2D eigenvalue weighted by molar-refractivity contribution is 0.0949. The second kappa shape index (κ2) is 7.29. The number of rotatable bonds is 6. The summed E-state index contributed by atoms with van der Waals surface area (Å²) in [7, 11) is 1.93. The van der Waals surface area contributed by atoms with Gasteiger partial charge in [-0.1, -0.05) is 35.5 Å². The highest BCUT2D eigenvalue weighted by Crippen LogP contribution is 2.12. The average Bonchev–Trinajstić information content (AvgIpc) is 3.15. The number of benzene rings is 1. The van der Waals surface area contributed by atoms with E-state index in [4.69, 9.17) is 0 Å². The first-order valence-corrected chi connectivity index (χ1v) is 8.26. The fraction of sp³-hybridized carbons (Fsp3) is 0.333. The van der Waals surface area contributed by atoms with Gasteiger partial charge in [-0.15, -0.1) is 5.10 Å². The number of carbonyl (C=O) groups excluding carboxylic acids is 1. The lowest BCUT2D eigenvalue weighted by Gasteiger charge is -2.04. The summed E-state index contributed by atoms with van der Waals surface area (Å²) in [5.41, 5.74) is 4.75. The Morgan fingerprint density at radius 2 is 1.96 bits per heavy atom. The zero-order valence-corrected chi connectivity index (χ0v) is 14.7. The topological polar surface area (TPSA) is 77.6 Å². The van der Waals surface area contributed by atoms with E-state index < -0.39 is 0 Å². The number of amides is 1. The molecule has 0 radical (unpaired) electrons. The van der Waals surface area contributed by atoms with Crippen LogP contribution < -0.4 is 5.32 Å². The first kappa shape index (κ1) is 16.9. The van der Waals surface area contributed by atoms with Crippen LogP contribution in [0.3, 0.4) is 0 Å². The predicted octanol–water partition coefficient (Wildman–Crippen LogP) is 1.65. The van der Waals surface area contributed by atoms with E-state index >= 15 is 0 Å². The zero-order valence-electron chi connectivity index (χ0n) is 14.7. The van der Waals surface area contributed by atoms with Gasteiger partial charge < -0.3 is 5.32 Å². The van der Waals surface area contributed by atoms with Gasteiger partial charge >= 0.3 is 0 Å². The highest BCUT2D eigenvalue weighted by atomic mass is 16.2. The second-order valence-electron chi connectivity index (χ2n) is 6.07. The Kier molecular flexibility index (Phi) is 4.92. The average molecular weight is 338 g/mol. The van der Waals surface area contributed by atoms with Crippen molar-refractivity contribution in [1.29, 1.82) is 0 Å². The molecule has 0 aliphatic heterocycles. The van der Waals surface area contributed by atoms with Crippen LogP contribution in [0, 0.1) is 13.8 Å². The van der Waals surface area contributed by atoms with Crippen LogP contribution in [0.2, 0.25) is 0 Å². The molecule has 7 nitrogen and oxygen atoms in total. The van der Waals surface area contributed by atoms with Crippen LogP contribution in [0.5, 0.6) is 0 Å². The van der Waals surface area contributed by atoms with Gasteiger partial charge in [0.2, 0.25) is 0 Å². The number of carbonyl (C=O) groups is 1. The van der Waals surface area contributed by atoms with Crippen LogP contribution >= 0.6 is 0 Å². The molecule has 2 heterocycles. The molecule has 3 rings (SSSR count). The molecule has 2 aromatic heterocycles. The van der Waals surface area contributed by atoms with Gasteiger partial charge in [-0.3, -0.25) is 9.48 Å². The van der Waals surface area contributed by atoms with Gasteiger partial charge in [0.05, 0.1) is 18.4 Å². The van der Waals surface area contributed by atoms with Crippen LogP contribution in [0.1, 0.15) is 33.0 Å². The Morgan fingerprint density at radius 3 is 2.64 bits per heavy atom. The first-order valence-electron chi connectivity index (χ1n) is 8.26. The Labute approximate surface area is 146 Å². The molecule has 1 amide bonds. The van der Waals surface area contributed by atoms with Gasteiger partial charge in [-0.05, 0) is 31.4 Å². The lowest BCUT2D eigenvalue weighted by atomic mass is 10.1. The molecule has 0 aliphatic rings. The van der Waals surface area contributed by atoms with E-state index in [1.807, 2.05) is 55.9 Å². The van der Waals surface area contributed by atoms with Crippen molar-refractivity contribution in [2.75, 3.05) is 6.54 Å². The van der Waals surface area contributed by atoms with Gasteiger partial charge in [0, 0.05) is 19.3 Å². The zero-order chi connectivity index (χ0) is 17.8. The molecule has 1 aromatic carbocycles. The highest BCUT2D eigenvalue weighted by Gasteiger charge is 2.13. The number of aryl methyl sites for hydroxylation is 2. The van der Waals surface area contributed by atoms with Crippen molar-refractivity contribution < 1.29 is 4.79 Å². The predicted molar refractivity (Wildman–Crippen MR) is 94.3 cm³/mol. The molecule has 0 saturated heterocycles. The van der Waals surface area contributed by atoms with Crippen molar-refractivity contribution >= 4 is 5.91 Å². The van der Waals surface area contributed by atoms with Crippen molar-refractivity contribution in [2.24, 2.45) is 7.05 Å². The lowest BCUT2D eigenvalue weighted by Crippen LogP contribution is -2.26. The summed E-state index contributed by atoms with van der Waals surface area (Å²) < 4.78 is 3.53. The molecule has 0 atom stereocenters. The van der Waals surface area contributed by atoms with Crippen molar-refractivity contribution in [3.05, 3.63) is 64.7 Å². The minimum atomic E-state index is -0.210. The van der Waals surface area contributed by atoms with Crippen LogP contribution in [0.15, 0.2) is 36.5 Å². The maximum Gasteiger partial charge on any atom is 0.273 e. The Balaban J connectivity index is 1.55. The quantitative estimate of drug-likeness (QED) is 0.741. The number of hydrogen-bond acceptors (Lipinski definition) is 4. The van der Waals surface area contributed by atoms with Crippen molar-refractivity contribution in [3.8, 4) is 0 Å². The monoisotopic (exact) mass is 338 g/mol. The van der Waals surface area contributed by atoms with E-state index in [1.54, 1.807) is 10.9 Å². The van der Waals surface area contributed by atoms with Gasteiger partial charge in [-0.2, -0.15) is 5.10 Å². The number of aromatic nitrogens is 5. The van der Waals surface area contributed by atoms with E-state index in [0.29, 0.717) is 18.8 Å². The molecule has 0 bridgehead atoms. The standard InChI is InChI=1S/C18H22N6O/c1-13-16(14(2)23(3)21-13)9-10-19-18(25)17-12-24(22-20-17)11-15-7-5-4-6-8-15/h4-8,12H,9-11H2,1-3H3,(H,19,25). The summed E-state index contributed by atoms with van der Waals surface area (Å²) in [6.07, 6.45) is 2.41. The van der Waals surface area contributed by atoms with E-state index in [-0.39, 0.29) is 5.91 Å². The molecular weight excluding hydrogens is 316 g/mol. The summed E-state index contributed by atoms with van der Waals surface area (Å²) in [6.45, 7) is 5.15. The van der Waals surface area contributed by atoms with Crippen LogP contribution in [-0.4, -0.2) is 37.2 Å². The van der Waals surface area contributed by atoms with Crippen molar-refractivity contribution in [3.63, 3.8) is 0 Å². The van der Waals surface area contributed by atoms with Gasteiger partial charge in [0.15, 0.2) is 5.69 Å². The van der Waals surface area contributed by atoms with Crippen LogP contribution in [0.4, 0.5) is 0 Å². The van der Waals surface area contributed by atoms with E-state index in [1.165, 1.54) is 5.56 Å². The first-order chi connectivity index (χ1) is 12.0. The molecule has 25 heavy (non-hydrogen) atoms. The fourth-order valence-electron chi connectivity index (χ4n) is 2.82. The Bertz CT molecular complexity index is 865. The summed E-state index contributed by atoms with van der Waals surface area (Å²) in [4.78, 5) is 12.2. The van der Waals surface area contributed by atoms with Crippen LogP contribution in [0.25, 0.3) is 0 Å². The molecule has 0 spiro atoms. The van der Waals surface area contributed by atoms with Crippen LogP contribution in [-0.2, 0) is 20.0 Å².